The first-order chi connectivity index (χ1) is 10.2. The maximum atomic E-state index is 12.4. The summed E-state index contributed by atoms with van der Waals surface area (Å²) >= 11 is 1.45. The molecular weight excluding hydrogens is 280 g/mol. The van der Waals surface area contributed by atoms with Crippen LogP contribution >= 0.6 is 11.8 Å². The van der Waals surface area contributed by atoms with Crippen molar-refractivity contribution in [3.05, 3.63) is 42.2 Å². The quantitative estimate of drug-likeness (QED) is 0.650. The molecule has 0 saturated heterocycles. The Hall–Kier alpha value is -1.00. The normalized spacial score (nSPS) is 13.7. The lowest BCUT2D eigenvalue weighted by atomic mass is 10.1. The molecule has 1 radical (unpaired) electrons. The van der Waals surface area contributed by atoms with Crippen LogP contribution < -0.4 is 10.6 Å². The Morgan fingerprint density at radius 3 is 2.62 bits per heavy atom. The predicted octanol–water partition coefficient (Wildman–Crippen LogP) is 3.54. The van der Waals surface area contributed by atoms with Crippen LogP contribution in [0.2, 0.25) is 0 Å². The van der Waals surface area contributed by atoms with Crippen molar-refractivity contribution in [1.29, 1.82) is 0 Å². The Labute approximate surface area is 133 Å². The highest BCUT2D eigenvalue weighted by molar-refractivity contribution is 8.00. The molecule has 0 bridgehead atoms. The van der Waals surface area contributed by atoms with E-state index in [4.69, 9.17) is 0 Å². The van der Waals surface area contributed by atoms with Crippen molar-refractivity contribution in [3.8, 4) is 0 Å². The fraction of sp³-hybridized carbons (Fsp3) is 0.529. The first-order valence-electron chi connectivity index (χ1n) is 7.64. The topological polar surface area (TPSA) is 41.1 Å². The van der Waals surface area contributed by atoms with Gasteiger partial charge < -0.3 is 10.6 Å². The lowest BCUT2D eigenvalue weighted by molar-refractivity contribution is -0.123. The summed E-state index contributed by atoms with van der Waals surface area (Å²) in [4.78, 5) is 12.4. The molecular formula is C17H27N2OS. The third-order valence-corrected chi connectivity index (χ3v) is 4.00. The van der Waals surface area contributed by atoms with Crippen LogP contribution in [0.15, 0.2) is 30.3 Å². The van der Waals surface area contributed by atoms with Crippen LogP contribution in [0.1, 0.15) is 44.7 Å². The maximum absolute atomic E-state index is 12.4. The van der Waals surface area contributed by atoms with Gasteiger partial charge in [0.05, 0.1) is 12.1 Å². The van der Waals surface area contributed by atoms with Crippen LogP contribution in [0.4, 0.5) is 0 Å². The van der Waals surface area contributed by atoms with Gasteiger partial charge in [-0.25, -0.2) is 0 Å². The van der Waals surface area contributed by atoms with Crippen LogP contribution in [0, 0.1) is 6.26 Å². The fourth-order valence-electron chi connectivity index (χ4n) is 2.14. The zero-order valence-corrected chi connectivity index (χ0v) is 13.9. The third kappa shape index (κ3) is 7.00. The van der Waals surface area contributed by atoms with Crippen molar-refractivity contribution in [2.75, 3.05) is 12.3 Å². The molecule has 117 valence electrons. The number of benzene rings is 1. The average molecular weight is 307 g/mol. The SMILES string of the molecule is [CH2]SCC(NCCCCC)C(=O)N[C@H](C)c1ccccc1. The van der Waals surface area contributed by atoms with Crippen molar-refractivity contribution >= 4 is 17.7 Å². The summed E-state index contributed by atoms with van der Waals surface area (Å²) in [5.41, 5.74) is 1.12. The Kier molecular flexibility index (Phi) is 9.19. The van der Waals surface area contributed by atoms with E-state index in [9.17, 15) is 4.79 Å². The van der Waals surface area contributed by atoms with Gasteiger partial charge in [-0.15, -0.1) is 0 Å². The number of amides is 1. The lowest BCUT2D eigenvalue weighted by Gasteiger charge is -2.21. The molecule has 0 aromatic heterocycles. The van der Waals surface area contributed by atoms with E-state index in [2.05, 4.69) is 23.8 Å². The monoisotopic (exact) mass is 307 g/mol. The van der Waals surface area contributed by atoms with Gasteiger partial charge in [0.15, 0.2) is 0 Å². The van der Waals surface area contributed by atoms with Gasteiger partial charge in [0.25, 0.3) is 0 Å². The fourth-order valence-corrected chi connectivity index (χ4v) is 2.64. The molecule has 0 aliphatic heterocycles. The summed E-state index contributed by atoms with van der Waals surface area (Å²) in [5, 5.41) is 6.42. The molecule has 0 aliphatic rings. The number of hydrogen-bond donors (Lipinski definition) is 2. The molecule has 0 heterocycles. The van der Waals surface area contributed by atoms with Gasteiger partial charge in [0.2, 0.25) is 5.91 Å². The summed E-state index contributed by atoms with van der Waals surface area (Å²) in [5.74, 6) is 0.749. The van der Waals surface area contributed by atoms with Crippen molar-refractivity contribution < 1.29 is 4.79 Å². The number of nitrogens with one attached hydrogen (secondary N) is 2. The third-order valence-electron chi connectivity index (χ3n) is 3.43. The molecule has 2 atom stereocenters. The molecule has 1 unspecified atom stereocenters. The van der Waals surface area contributed by atoms with Crippen molar-refractivity contribution in [2.45, 2.75) is 45.2 Å². The second-order valence-corrected chi connectivity index (χ2v) is 5.97. The van der Waals surface area contributed by atoms with Crippen LogP contribution in [-0.2, 0) is 4.79 Å². The minimum absolute atomic E-state index is 0.0217. The van der Waals surface area contributed by atoms with Crippen LogP contribution in [0.3, 0.4) is 0 Å². The van der Waals surface area contributed by atoms with E-state index >= 15 is 0 Å². The predicted molar refractivity (Wildman–Crippen MR) is 92.1 cm³/mol. The van der Waals surface area contributed by atoms with E-state index in [1.807, 2.05) is 37.3 Å². The standard InChI is InChI=1S/C17H27N2OS/c1-4-5-9-12-18-16(13-21-3)17(20)19-14(2)15-10-7-6-8-11-15/h6-8,10-11,14,16,18H,3-5,9,12-13H2,1-2H3,(H,19,20)/t14-,16?/m1/s1. The molecule has 0 aliphatic carbocycles. The highest BCUT2D eigenvalue weighted by atomic mass is 32.2. The molecule has 21 heavy (non-hydrogen) atoms. The Morgan fingerprint density at radius 1 is 1.29 bits per heavy atom. The summed E-state index contributed by atoms with van der Waals surface area (Å²) in [6.45, 7) is 5.07. The second kappa shape index (κ2) is 10.7. The summed E-state index contributed by atoms with van der Waals surface area (Å²) in [6.07, 6.45) is 7.28. The molecule has 1 rings (SSSR count). The van der Waals surface area contributed by atoms with Gasteiger partial charge in [0.1, 0.15) is 0 Å². The number of thioether (sulfide) groups is 1. The van der Waals surface area contributed by atoms with Gasteiger partial charge in [-0.3, -0.25) is 4.79 Å². The molecule has 1 aromatic rings. The molecule has 1 aromatic carbocycles. The van der Waals surface area contributed by atoms with Crippen LogP contribution in [0.25, 0.3) is 0 Å². The van der Waals surface area contributed by atoms with Gasteiger partial charge in [0, 0.05) is 12.0 Å². The Bertz CT molecular complexity index is 397. The van der Waals surface area contributed by atoms with E-state index in [0.29, 0.717) is 5.75 Å². The number of unbranched alkanes of at least 4 members (excludes halogenated alkanes) is 2. The molecule has 1 amide bonds. The van der Waals surface area contributed by atoms with Gasteiger partial charge >= 0.3 is 0 Å². The highest BCUT2D eigenvalue weighted by Gasteiger charge is 2.19. The van der Waals surface area contributed by atoms with E-state index in [0.717, 1.165) is 18.5 Å². The summed E-state index contributed by atoms with van der Waals surface area (Å²) in [7, 11) is 0. The number of carbonyl (C=O) groups is 1. The minimum atomic E-state index is -0.171. The van der Waals surface area contributed by atoms with Gasteiger partial charge in [-0.05, 0) is 25.5 Å². The smallest absolute Gasteiger partial charge is 0.238 e. The van der Waals surface area contributed by atoms with Crippen LogP contribution in [0.5, 0.6) is 0 Å². The first kappa shape index (κ1) is 18.1. The Morgan fingerprint density at radius 2 is 2.00 bits per heavy atom. The molecule has 0 spiro atoms. The van der Waals surface area contributed by atoms with E-state index in [-0.39, 0.29) is 18.0 Å². The number of rotatable bonds is 10. The van der Waals surface area contributed by atoms with Crippen LogP contribution in [-0.4, -0.2) is 24.2 Å². The summed E-state index contributed by atoms with van der Waals surface area (Å²) in [6, 6.07) is 9.88. The van der Waals surface area contributed by atoms with Gasteiger partial charge in [-0.1, -0.05) is 50.1 Å². The van der Waals surface area contributed by atoms with Crippen molar-refractivity contribution in [1.82, 2.24) is 10.6 Å². The highest BCUT2D eigenvalue weighted by Crippen LogP contribution is 2.12. The first-order valence-corrected chi connectivity index (χ1v) is 8.80. The maximum Gasteiger partial charge on any atom is 0.238 e. The Balaban J connectivity index is 2.48. The molecule has 4 heteroatoms. The zero-order chi connectivity index (χ0) is 15.5. The molecule has 0 fully saturated rings. The van der Waals surface area contributed by atoms with E-state index in [1.165, 1.54) is 24.6 Å². The molecule has 2 N–H and O–H groups in total. The zero-order valence-electron chi connectivity index (χ0n) is 13.1. The molecule has 3 nitrogen and oxygen atoms in total. The number of carbonyl (C=O) groups excluding carboxylic acids is 1. The van der Waals surface area contributed by atoms with Crippen molar-refractivity contribution in [3.63, 3.8) is 0 Å². The van der Waals surface area contributed by atoms with E-state index < -0.39 is 0 Å². The number of hydrogen-bond acceptors (Lipinski definition) is 3. The summed E-state index contributed by atoms with van der Waals surface area (Å²) < 4.78 is 0. The lowest BCUT2D eigenvalue weighted by Crippen LogP contribution is -2.46. The second-order valence-electron chi connectivity index (χ2n) is 5.23. The van der Waals surface area contributed by atoms with Gasteiger partial charge in [-0.2, -0.15) is 11.8 Å². The van der Waals surface area contributed by atoms with E-state index in [1.54, 1.807) is 0 Å². The largest absolute Gasteiger partial charge is 0.348 e. The minimum Gasteiger partial charge on any atom is -0.348 e. The molecule has 0 saturated carbocycles. The van der Waals surface area contributed by atoms with Crippen molar-refractivity contribution in [2.24, 2.45) is 0 Å². The average Bonchev–Trinajstić information content (AvgIpc) is 2.51.